The number of hydrogen-bond donors (Lipinski definition) is 1. The van der Waals surface area contributed by atoms with Gasteiger partial charge >= 0.3 is 0 Å². The lowest BCUT2D eigenvalue weighted by Crippen LogP contribution is -2.32. The zero-order chi connectivity index (χ0) is 13.7. The predicted molar refractivity (Wildman–Crippen MR) is 73.2 cm³/mol. The summed E-state index contributed by atoms with van der Waals surface area (Å²) < 4.78 is 0. The molecule has 0 saturated heterocycles. The van der Waals surface area contributed by atoms with Crippen LogP contribution in [-0.2, 0) is 0 Å². The summed E-state index contributed by atoms with van der Waals surface area (Å²) in [4.78, 5) is 22.1. The van der Waals surface area contributed by atoms with E-state index in [9.17, 15) is 14.9 Å². The predicted octanol–water partition coefficient (Wildman–Crippen LogP) is 2.81. The van der Waals surface area contributed by atoms with Crippen LogP contribution < -0.4 is 5.32 Å². The van der Waals surface area contributed by atoms with Gasteiger partial charge in [-0.1, -0.05) is 15.9 Å². The van der Waals surface area contributed by atoms with E-state index in [1.54, 1.807) is 6.92 Å². The van der Waals surface area contributed by atoms with Crippen molar-refractivity contribution >= 4 is 27.5 Å². The maximum atomic E-state index is 11.9. The maximum absolute atomic E-state index is 11.9. The second-order valence-electron chi connectivity index (χ2n) is 4.11. The van der Waals surface area contributed by atoms with Crippen molar-refractivity contribution in [3.63, 3.8) is 0 Å². The van der Waals surface area contributed by atoms with E-state index in [2.05, 4.69) is 21.2 Å². The van der Waals surface area contributed by atoms with Crippen molar-refractivity contribution in [1.29, 1.82) is 0 Å². The van der Waals surface area contributed by atoms with E-state index in [1.165, 1.54) is 18.2 Å². The third-order valence-corrected chi connectivity index (χ3v) is 3.03. The van der Waals surface area contributed by atoms with E-state index in [1.807, 2.05) is 6.92 Å². The topological polar surface area (TPSA) is 72.2 Å². The summed E-state index contributed by atoms with van der Waals surface area (Å²) in [6.07, 6.45) is 0.831. The molecule has 0 saturated carbocycles. The van der Waals surface area contributed by atoms with Crippen molar-refractivity contribution < 1.29 is 9.72 Å². The minimum absolute atomic E-state index is 0.0278. The first-order valence-corrected chi connectivity index (χ1v) is 6.69. The van der Waals surface area contributed by atoms with Gasteiger partial charge in [-0.05, 0) is 32.4 Å². The highest BCUT2D eigenvalue weighted by Gasteiger charge is 2.14. The molecule has 1 unspecified atom stereocenters. The molecule has 0 bridgehead atoms. The highest BCUT2D eigenvalue weighted by Crippen LogP contribution is 2.18. The first kappa shape index (κ1) is 14.6. The molecule has 1 atom stereocenters. The van der Waals surface area contributed by atoms with Crippen LogP contribution in [0.2, 0.25) is 0 Å². The third kappa shape index (κ3) is 3.80. The number of aryl methyl sites for hydroxylation is 1. The summed E-state index contributed by atoms with van der Waals surface area (Å²) in [7, 11) is 0. The highest BCUT2D eigenvalue weighted by atomic mass is 79.9. The summed E-state index contributed by atoms with van der Waals surface area (Å²) in [6, 6.07) is 4.43. The first-order valence-electron chi connectivity index (χ1n) is 5.57. The van der Waals surface area contributed by atoms with Crippen LogP contribution >= 0.6 is 15.9 Å². The molecule has 0 aliphatic heterocycles. The Morgan fingerprint density at radius 1 is 1.56 bits per heavy atom. The Morgan fingerprint density at radius 2 is 2.22 bits per heavy atom. The minimum Gasteiger partial charge on any atom is -0.350 e. The van der Waals surface area contributed by atoms with Crippen LogP contribution in [-0.4, -0.2) is 22.2 Å². The lowest BCUT2D eigenvalue weighted by molar-refractivity contribution is -0.385. The lowest BCUT2D eigenvalue weighted by atomic mass is 10.1. The van der Waals surface area contributed by atoms with E-state index >= 15 is 0 Å². The zero-order valence-electron chi connectivity index (χ0n) is 10.3. The molecular weight excluding hydrogens is 300 g/mol. The number of carbonyl (C=O) groups is 1. The molecule has 98 valence electrons. The summed E-state index contributed by atoms with van der Waals surface area (Å²) in [6.45, 7) is 3.54. The molecule has 6 heteroatoms. The van der Waals surface area contributed by atoms with Crippen LogP contribution in [0.15, 0.2) is 18.2 Å². The van der Waals surface area contributed by atoms with E-state index in [-0.39, 0.29) is 17.6 Å². The number of nitro groups is 1. The Balaban J connectivity index is 2.81. The standard InChI is InChI=1S/C12H15BrN2O3/c1-8-7-10(3-4-11(8)15(17)18)12(16)14-9(2)5-6-13/h3-4,7,9H,5-6H2,1-2H3,(H,14,16). The van der Waals surface area contributed by atoms with Gasteiger partial charge in [0.2, 0.25) is 0 Å². The molecule has 5 nitrogen and oxygen atoms in total. The molecule has 0 fully saturated rings. The van der Waals surface area contributed by atoms with Crippen molar-refractivity contribution in [1.82, 2.24) is 5.32 Å². The summed E-state index contributed by atoms with van der Waals surface area (Å²) in [5.41, 5.74) is 0.959. The third-order valence-electron chi connectivity index (χ3n) is 2.58. The highest BCUT2D eigenvalue weighted by molar-refractivity contribution is 9.09. The van der Waals surface area contributed by atoms with Crippen molar-refractivity contribution in [2.45, 2.75) is 26.3 Å². The van der Waals surface area contributed by atoms with Gasteiger partial charge in [-0.15, -0.1) is 0 Å². The molecular formula is C12H15BrN2O3. The molecule has 0 spiro atoms. The smallest absolute Gasteiger partial charge is 0.272 e. The van der Waals surface area contributed by atoms with Crippen LogP contribution in [0, 0.1) is 17.0 Å². The van der Waals surface area contributed by atoms with E-state index < -0.39 is 4.92 Å². The molecule has 0 heterocycles. The Labute approximate surface area is 114 Å². The molecule has 0 aliphatic carbocycles. The number of carbonyl (C=O) groups excluding carboxylic acids is 1. The average Bonchev–Trinajstić information content (AvgIpc) is 2.28. The molecule has 0 aromatic heterocycles. The second-order valence-corrected chi connectivity index (χ2v) is 4.90. The lowest BCUT2D eigenvalue weighted by Gasteiger charge is -2.12. The fourth-order valence-electron chi connectivity index (χ4n) is 1.54. The van der Waals surface area contributed by atoms with Crippen LogP contribution in [0.5, 0.6) is 0 Å². The molecule has 1 aromatic carbocycles. The van der Waals surface area contributed by atoms with Gasteiger partial charge < -0.3 is 5.32 Å². The van der Waals surface area contributed by atoms with Gasteiger partial charge in [0.1, 0.15) is 0 Å². The quantitative estimate of drug-likeness (QED) is 0.516. The zero-order valence-corrected chi connectivity index (χ0v) is 11.9. The van der Waals surface area contributed by atoms with Crippen molar-refractivity contribution in [3.05, 3.63) is 39.4 Å². The van der Waals surface area contributed by atoms with Gasteiger partial charge in [0, 0.05) is 28.6 Å². The Bertz CT molecular complexity index is 463. The van der Waals surface area contributed by atoms with Crippen molar-refractivity contribution in [2.24, 2.45) is 0 Å². The fourth-order valence-corrected chi connectivity index (χ4v) is 2.23. The van der Waals surface area contributed by atoms with Gasteiger partial charge in [0.25, 0.3) is 11.6 Å². The largest absolute Gasteiger partial charge is 0.350 e. The maximum Gasteiger partial charge on any atom is 0.272 e. The number of benzene rings is 1. The molecule has 1 amide bonds. The minimum atomic E-state index is -0.454. The Hall–Kier alpha value is -1.43. The van der Waals surface area contributed by atoms with Gasteiger partial charge in [-0.3, -0.25) is 14.9 Å². The monoisotopic (exact) mass is 314 g/mol. The van der Waals surface area contributed by atoms with Crippen LogP contribution in [0.1, 0.15) is 29.3 Å². The second kappa shape index (κ2) is 6.49. The van der Waals surface area contributed by atoms with E-state index in [4.69, 9.17) is 0 Å². The normalized spacial score (nSPS) is 11.9. The van der Waals surface area contributed by atoms with E-state index in [0.717, 1.165) is 11.8 Å². The van der Waals surface area contributed by atoms with Crippen molar-refractivity contribution in [2.75, 3.05) is 5.33 Å². The van der Waals surface area contributed by atoms with Gasteiger partial charge in [-0.25, -0.2) is 0 Å². The van der Waals surface area contributed by atoms with Crippen LogP contribution in [0.3, 0.4) is 0 Å². The molecule has 1 rings (SSSR count). The molecule has 0 radical (unpaired) electrons. The van der Waals surface area contributed by atoms with Gasteiger partial charge in [0.05, 0.1) is 4.92 Å². The number of nitro benzene ring substituents is 1. The summed E-state index contributed by atoms with van der Waals surface area (Å²) in [5, 5.41) is 14.3. The van der Waals surface area contributed by atoms with Gasteiger partial charge in [0.15, 0.2) is 0 Å². The Kier molecular flexibility index (Phi) is 5.27. The fraction of sp³-hybridized carbons (Fsp3) is 0.417. The number of amides is 1. The molecule has 1 aromatic rings. The summed E-state index contributed by atoms with van der Waals surface area (Å²) >= 11 is 3.31. The van der Waals surface area contributed by atoms with E-state index in [0.29, 0.717) is 11.1 Å². The number of nitrogens with zero attached hydrogens (tertiary/aromatic N) is 1. The molecule has 1 N–H and O–H groups in total. The Morgan fingerprint density at radius 3 is 2.72 bits per heavy atom. The molecule has 0 aliphatic rings. The number of alkyl halides is 1. The van der Waals surface area contributed by atoms with Crippen LogP contribution in [0.25, 0.3) is 0 Å². The van der Waals surface area contributed by atoms with Crippen LogP contribution in [0.4, 0.5) is 5.69 Å². The number of rotatable bonds is 5. The molecule has 18 heavy (non-hydrogen) atoms. The number of nitrogens with one attached hydrogen (secondary N) is 1. The average molecular weight is 315 g/mol. The number of halogens is 1. The SMILES string of the molecule is Cc1cc(C(=O)NC(C)CCBr)ccc1[N+](=O)[O-]. The summed E-state index contributed by atoms with van der Waals surface area (Å²) in [5.74, 6) is -0.207. The van der Waals surface area contributed by atoms with Crippen molar-refractivity contribution in [3.8, 4) is 0 Å². The van der Waals surface area contributed by atoms with Gasteiger partial charge in [-0.2, -0.15) is 0 Å². The first-order chi connectivity index (χ1) is 8.45. The number of hydrogen-bond acceptors (Lipinski definition) is 3.